The van der Waals surface area contributed by atoms with E-state index in [9.17, 15) is 0 Å². The fourth-order valence-corrected chi connectivity index (χ4v) is 2.60. The van der Waals surface area contributed by atoms with Crippen LogP contribution in [0.25, 0.3) is 0 Å². The van der Waals surface area contributed by atoms with Crippen LogP contribution in [0, 0.1) is 5.92 Å². The van der Waals surface area contributed by atoms with E-state index in [2.05, 4.69) is 22.4 Å². The molecule has 1 saturated carbocycles. The van der Waals surface area contributed by atoms with Crippen molar-refractivity contribution in [3.8, 4) is 0 Å². The van der Waals surface area contributed by atoms with E-state index in [0.29, 0.717) is 17.8 Å². The van der Waals surface area contributed by atoms with Gasteiger partial charge in [0.2, 0.25) is 5.82 Å². The second-order valence-corrected chi connectivity index (χ2v) is 4.94. The standard InChI is InChI=1S/C13H23N3O2/c1-3-9-14-13-15-12(16-18-13)11(17-2)10-7-5-4-6-8-10/h10-11H,3-9H2,1-2H3,(H,14,15,16). The molecule has 1 heterocycles. The summed E-state index contributed by atoms with van der Waals surface area (Å²) in [5.41, 5.74) is 0. The lowest BCUT2D eigenvalue weighted by Crippen LogP contribution is -2.19. The Hall–Kier alpha value is -1.10. The third kappa shape index (κ3) is 3.22. The molecule has 0 aromatic carbocycles. The Morgan fingerprint density at radius 1 is 1.39 bits per heavy atom. The zero-order chi connectivity index (χ0) is 12.8. The molecule has 0 radical (unpaired) electrons. The number of aromatic nitrogens is 2. The number of rotatable bonds is 6. The predicted octanol–water partition coefficient (Wildman–Crippen LogP) is 3.16. The van der Waals surface area contributed by atoms with E-state index in [1.54, 1.807) is 7.11 Å². The summed E-state index contributed by atoms with van der Waals surface area (Å²) in [5.74, 6) is 1.21. The first-order valence-electron chi connectivity index (χ1n) is 6.95. The smallest absolute Gasteiger partial charge is 0.321 e. The topological polar surface area (TPSA) is 60.2 Å². The Morgan fingerprint density at radius 3 is 2.83 bits per heavy atom. The molecule has 5 heteroatoms. The van der Waals surface area contributed by atoms with Crippen LogP contribution in [0.2, 0.25) is 0 Å². The van der Waals surface area contributed by atoms with Crippen LogP contribution in [-0.2, 0) is 4.74 Å². The summed E-state index contributed by atoms with van der Waals surface area (Å²) in [6.45, 7) is 2.95. The van der Waals surface area contributed by atoms with Gasteiger partial charge in [-0.05, 0) is 25.2 Å². The Kier molecular flexibility index (Phi) is 4.99. The zero-order valence-corrected chi connectivity index (χ0v) is 11.3. The summed E-state index contributed by atoms with van der Waals surface area (Å²) in [6.07, 6.45) is 7.31. The van der Waals surface area contributed by atoms with Gasteiger partial charge in [-0.3, -0.25) is 0 Å². The maximum atomic E-state index is 5.58. The van der Waals surface area contributed by atoms with Gasteiger partial charge in [-0.25, -0.2) is 0 Å². The molecular formula is C13H23N3O2. The van der Waals surface area contributed by atoms with Gasteiger partial charge in [0.1, 0.15) is 6.10 Å². The summed E-state index contributed by atoms with van der Waals surface area (Å²) in [7, 11) is 1.73. The van der Waals surface area contributed by atoms with Gasteiger partial charge in [0.15, 0.2) is 0 Å². The second-order valence-electron chi connectivity index (χ2n) is 4.94. The molecule has 1 atom stereocenters. The number of anilines is 1. The Labute approximate surface area is 108 Å². The minimum atomic E-state index is -0.0220. The molecule has 2 rings (SSSR count). The molecule has 1 unspecified atom stereocenters. The molecule has 0 bridgehead atoms. The third-order valence-corrected chi connectivity index (χ3v) is 3.55. The molecule has 0 saturated heterocycles. The summed E-state index contributed by atoms with van der Waals surface area (Å²) in [4.78, 5) is 4.38. The van der Waals surface area contributed by atoms with Gasteiger partial charge in [-0.15, -0.1) is 0 Å². The number of ether oxygens (including phenoxy) is 1. The van der Waals surface area contributed by atoms with E-state index in [-0.39, 0.29) is 6.10 Å². The van der Waals surface area contributed by atoms with E-state index >= 15 is 0 Å². The molecule has 0 spiro atoms. The van der Waals surface area contributed by atoms with E-state index in [1.807, 2.05) is 0 Å². The average Bonchev–Trinajstić information content (AvgIpc) is 2.87. The number of methoxy groups -OCH3 is 1. The minimum absolute atomic E-state index is 0.0220. The first-order chi connectivity index (χ1) is 8.85. The highest BCUT2D eigenvalue weighted by Crippen LogP contribution is 2.35. The summed E-state index contributed by atoms with van der Waals surface area (Å²) >= 11 is 0. The Morgan fingerprint density at radius 2 is 2.17 bits per heavy atom. The normalized spacial score (nSPS) is 18.8. The van der Waals surface area contributed by atoms with Crippen LogP contribution >= 0.6 is 0 Å². The molecule has 1 N–H and O–H groups in total. The molecule has 1 fully saturated rings. The van der Waals surface area contributed by atoms with Gasteiger partial charge < -0.3 is 14.6 Å². The number of hydrogen-bond acceptors (Lipinski definition) is 5. The van der Waals surface area contributed by atoms with E-state index in [1.165, 1.54) is 32.1 Å². The summed E-state index contributed by atoms with van der Waals surface area (Å²) in [6, 6.07) is 0.504. The van der Waals surface area contributed by atoms with Crippen molar-refractivity contribution < 1.29 is 9.26 Å². The lowest BCUT2D eigenvalue weighted by atomic mass is 9.85. The van der Waals surface area contributed by atoms with Crippen LogP contribution in [0.3, 0.4) is 0 Å². The van der Waals surface area contributed by atoms with Gasteiger partial charge in [0.05, 0.1) is 0 Å². The number of nitrogens with one attached hydrogen (secondary N) is 1. The lowest BCUT2D eigenvalue weighted by molar-refractivity contribution is 0.0274. The third-order valence-electron chi connectivity index (χ3n) is 3.55. The molecule has 0 amide bonds. The highest BCUT2D eigenvalue weighted by Gasteiger charge is 2.28. The van der Waals surface area contributed by atoms with Crippen molar-refractivity contribution in [2.75, 3.05) is 19.0 Å². The van der Waals surface area contributed by atoms with Crippen LogP contribution in [0.5, 0.6) is 0 Å². The molecule has 1 aliphatic carbocycles. The Balaban J connectivity index is 1.99. The summed E-state index contributed by atoms with van der Waals surface area (Å²) in [5, 5.41) is 7.14. The van der Waals surface area contributed by atoms with Crippen molar-refractivity contribution in [3.05, 3.63) is 5.82 Å². The van der Waals surface area contributed by atoms with E-state index < -0.39 is 0 Å². The molecule has 1 aromatic rings. The van der Waals surface area contributed by atoms with Crippen molar-refractivity contribution in [2.24, 2.45) is 5.92 Å². The maximum absolute atomic E-state index is 5.58. The average molecular weight is 253 g/mol. The second kappa shape index (κ2) is 6.73. The quantitative estimate of drug-likeness (QED) is 0.843. The van der Waals surface area contributed by atoms with Crippen LogP contribution < -0.4 is 5.32 Å². The highest BCUT2D eigenvalue weighted by molar-refractivity contribution is 5.18. The maximum Gasteiger partial charge on any atom is 0.321 e. The van der Waals surface area contributed by atoms with Crippen molar-refractivity contribution in [1.29, 1.82) is 0 Å². The first-order valence-corrected chi connectivity index (χ1v) is 6.95. The van der Waals surface area contributed by atoms with Crippen molar-refractivity contribution in [3.63, 3.8) is 0 Å². The fourth-order valence-electron chi connectivity index (χ4n) is 2.60. The highest BCUT2D eigenvalue weighted by atomic mass is 16.5. The van der Waals surface area contributed by atoms with Gasteiger partial charge in [0, 0.05) is 13.7 Å². The van der Waals surface area contributed by atoms with Gasteiger partial charge in [0.25, 0.3) is 0 Å². The van der Waals surface area contributed by atoms with Crippen LogP contribution in [0.4, 0.5) is 6.01 Å². The summed E-state index contributed by atoms with van der Waals surface area (Å²) < 4.78 is 10.8. The number of nitrogens with zero attached hydrogens (tertiary/aromatic N) is 2. The molecule has 1 aromatic heterocycles. The van der Waals surface area contributed by atoms with Crippen molar-refractivity contribution in [1.82, 2.24) is 10.1 Å². The largest absolute Gasteiger partial charge is 0.373 e. The van der Waals surface area contributed by atoms with Crippen LogP contribution in [0.1, 0.15) is 57.4 Å². The van der Waals surface area contributed by atoms with E-state index in [4.69, 9.17) is 9.26 Å². The lowest BCUT2D eigenvalue weighted by Gasteiger charge is -2.26. The van der Waals surface area contributed by atoms with Gasteiger partial charge in [-0.2, -0.15) is 4.98 Å². The molecular weight excluding hydrogens is 230 g/mol. The monoisotopic (exact) mass is 253 g/mol. The van der Waals surface area contributed by atoms with Crippen molar-refractivity contribution >= 4 is 6.01 Å². The Bertz CT molecular complexity index is 348. The zero-order valence-electron chi connectivity index (χ0n) is 11.3. The molecule has 1 aliphatic rings. The minimum Gasteiger partial charge on any atom is -0.373 e. The molecule has 0 aliphatic heterocycles. The number of hydrogen-bond donors (Lipinski definition) is 1. The molecule has 5 nitrogen and oxygen atoms in total. The van der Waals surface area contributed by atoms with Gasteiger partial charge in [-0.1, -0.05) is 31.3 Å². The first kappa shape index (κ1) is 13.3. The fraction of sp³-hybridized carbons (Fsp3) is 0.846. The van der Waals surface area contributed by atoms with Gasteiger partial charge >= 0.3 is 6.01 Å². The van der Waals surface area contributed by atoms with E-state index in [0.717, 1.165) is 13.0 Å². The predicted molar refractivity (Wildman–Crippen MR) is 69.4 cm³/mol. The van der Waals surface area contributed by atoms with Crippen LogP contribution in [-0.4, -0.2) is 23.8 Å². The molecule has 18 heavy (non-hydrogen) atoms. The SMILES string of the molecule is CCCNc1nc(C(OC)C2CCCCC2)no1. The van der Waals surface area contributed by atoms with Crippen LogP contribution in [0.15, 0.2) is 4.52 Å². The van der Waals surface area contributed by atoms with Crippen molar-refractivity contribution in [2.45, 2.75) is 51.6 Å². The molecule has 102 valence electrons.